The maximum atomic E-state index is 12.3. The molecule has 0 saturated heterocycles. The molecule has 2 aromatic carbocycles. The molecule has 4 aromatic rings. The number of amides is 2. The van der Waals surface area contributed by atoms with E-state index in [1.165, 1.54) is 11.2 Å². The van der Waals surface area contributed by atoms with Crippen LogP contribution in [-0.4, -0.2) is 59.2 Å². The lowest BCUT2D eigenvalue weighted by molar-refractivity contribution is 0.0827. The molecule has 0 fully saturated rings. The Balaban J connectivity index is 1.54. The summed E-state index contributed by atoms with van der Waals surface area (Å²) in [5.41, 5.74) is 3.77. The standard InChI is InChI=1S/C25H22ClN5O3S/c1-27-24(32)15-4-6-17-20(11-15)34-9-8-14-12-21(35-22(14)17)23-28-13-29-31(23)19-7-5-16(10-18(19)26)25(33)30(2)3/h4-7,10-13H,8-9H2,1-3H3,(H,27,32). The van der Waals surface area contributed by atoms with Crippen molar-refractivity contribution in [3.63, 3.8) is 0 Å². The molecule has 2 amide bonds. The molecule has 0 atom stereocenters. The summed E-state index contributed by atoms with van der Waals surface area (Å²) in [4.78, 5) is 32.4. The second-order valence-electron chi connectivity index (χ2n) is 8.21. The molecule has 35 heavy (non-hydrogen) atoms. The molecule has 3 heterocycles. The molecule has 0 unspecified atom stereocenters. The third-order valence-corrected chi connectivity index (χ3v) is 7.26. The zero-order valence-electron chi connectivity index (χ0n) is 19.3. The summed E-state index contributed by atoms with van der Waals surface area (Å²) in [7, 11) is 5.00. The molecule has 1 N–H and O–H groups in total. The molecule has 0 radical (unpaired) electrons. The highest BCUT2D eigenvalue weighted by atomic mass is 35.5. The van der Waals surface area contributed by atoms with Crippen LogP contribution in [0.2, 0.25) is 5.02 Å². The smallest absolute Gasteiger partial charge is 0.253 e. The van der Waals surface area contributed by atoms with Crippen LogP contribution in [0.5, 0.6) is 5.75 Å². The van der Waals surface area contributed by atoms with E-state index in [4.69, 9.17) is 16.3 Å². The number of hydrogen-bond donors (Lipinski definition) is 1. The van der Waals surface area contributed by atoms with E-state index in [2.05, 4.69) is 21.5 Å². The lowest BCUT2D eigenvalue weighted by Gasteiger charge is -2.12. The van der Waals surface area contributed by atoms with E-state index >= 15 is 0 Å². The van der Waals surface area contributed by atoms with Crippen molar-refractivity contribution in [2.45, 2.75) is 6.42 Å². The predicted molar refractivity (Wildman–Crippen MR) is 136 cm³/mol. The van der Waals surface area contributed by atoms with Crippen molar-refractivity contribution < 1.29 is 14.3 Å². The average Bonchev–Trinajstić information content (AvgIpc) is 3.46. The van der Waals surface area contributed by atoms with Crippen LogP contribution in [0.1, 0.15) is 26.3 Å². The van der Waals surface area contributed by atoms with Crippen LogP contribution in [0.3, 0.4) is 0 Å². The van der Waals surface area contributed by atoms with Gasteiger partial charge >= 0.3 is 0 Å². The first-order valence-corrected chi connectivity index (χ1v) is 12.1. The lowest BCUT2D eigenvalue weighted by atomic mass is 10.1. The van der Waals surface area contributed by atoms with Crippen LogP contribution in [-0.2, 0) is 6.42 Å². The molecular formula is C25H22ClN5O3S. The molecule has 5 rings (SSSR count). The van der Waals surface area contributed by atoms with Gasteiger partial charge in [0.1, 0.15) is 12.1 Å². The second-order valence-corrected chi connectivity index (χ2v) is 9.67. The van der Waals surface area contributed by atoms with Gasteiger partial charge in [0.2, 0.25) is 0 Å². The third kappa shape index (κ3) is 4.17. The van der Waals surface area contributed by atoms with Crippen molar-refractivity contribution in [3.05, 3.63) is 70.5 Å². The molecule has 0 saturated carbocycles. The number of benzene rings is 2. The number of aromatic nitrogens is 3. The molecule has 10 heteroatoms. The molecular weight excluding hydrogens is 486 g/mol. The van der Waals surface area contributed by atoms with Gasteiger partial charge < -0.3 is 15.0 Å². The summed E-state index contributed by atoms with van der Waals surface area (Å²) in [6.45, 7) is 0.507. The highest BCUT2D eigenvalue weighted by Gasteiger charge is 2.23. The number of fused-ring (bicyclic) bond motifs is 3. The highest BCUT2D eigenvalue weighted by molar-refractivity contribution is 7.19. The number of nitrogens with zero attached hydrogens (tertiary/aromatic N) is 4. The number of halogens is 1. The Morgan fingerprint density at radius 3 is 2.69 bits per heavy atom. The van der Waals surface area contributed by atoms with Crippen LogP contribution in [0.4, 0.5) is 0 Å². The largest absolute Gasteiger partial charge is 0.493 e. The van der Waals surface area contributed by atoms with Gasteiger partial charge in [0.25, 0.3) is 11.8 Å². The van der Waals surface area contributed by atoms with Crippen LogP contribution >= 0.6 is 22.9 Å². The van der Waals surface area contributed by atoms with Crippen LogP contribution in [0, 0.1) is 0 Å². The summed E-state index contributed by atoms with van der Waals surface area (Å²) < 4.78 is 7.64. The van der Waals surface area contributed by atoms with Crippen molar-refractivity contribution in [3.8, 4) is 32.6 Å². The quantitative estimate of drug-likeness (QED) is 0.444. The number of thiophene rings is 1. The fraction of sp³-hybridized carbons (Fsp3) is 0.200. The van der Waals surface area contributed by atoms with Gasteiger partial charge in [-0.1, -0.05) is 11.6 Å². The van der Waals surface area contributed by atoms with E-state index in [0.717, 1.165) is 27.3 Å². The molecule has 2 aromatic heterocycles. The SMILES string of the molecule is CNC(=O)c1ccc2c(c1)OCCc1cc(-c3ncnn3-c3ccc(C(=O)N(C)C)cc3Cl)sc1-2. The zero-order chi connectivity index (χ0) is 24.7. The molecule has 0 spiro atoms. The maximum Gasteiger partial charge on any atom is 0.253 e. The number of carbonyl (C=O) groups excluding carboxylic acids is 2. The summed E-state index contributed by atoms with van der Waals surface area (Å²) >= 11 is 8.15. The minimum atomic E-state index is -0.156. The number of carbonyl (C=O) groups is 2. The first-order valence-electron chi connectivity index (χ1n) is 10.9. The molecule has 178 valence electrons. The number of nitrogens with one attached hydrogen (secondary N) is 1. The van der Waals surface area contributed by atoms with E-state index in [1.807, 2.05) is 6.07 Å². The molecule has 0 bridgehead atoms. The minimum Gasteiger partial charge on any atom is -0.493 e. The van der Waals surface area contributed by atoms with Gasteiger partial charge in [0.15, 0.2) is 5.82 Å². The summed E-state index contributed by atoms with van der Waals surface area (Å²) in [6, 6.07) is 12.8. The molecule has 8 nitrogen and oxygen atoms in total. The van der Waals surface area contributed by atoms with Gasteiger partial charge in [-0.2, -0.15) is 5.10 Å². The van der Waals surface area contributed by atoms with E-state index in [-0.39, 0.29) is 11.8 Å². The fourth-order valence-electron chi connectivity index (χ4n) is 3.99. The fourth-order valence-corrected chi connectivity index (χ4v) is 5.48. The zero-order valence-corrected chi connectivity index (χ0v) is 20.9. The van der Waals surface area contributed by atoms with E-state index in [9.17, 15) is 9.59 Å². The first kappa shape index (κ1) is 23.1. The summed E-state index contributed by atoms with van der Waals surface area (Å²) in [6.07, 6.45) is 2.22. The van der Waals surface area contributed by atoms with Gasteiger partial charge in [-0.25, -0.2) is 9.67 Å². The highest BCUT2D eigenvalue weighted by Crippen LogP contribution is 2.44. The minimum absolute atomic E-state index is 0.125. The Kier molecular flexibility index (Phi) is 6.04. The van der Waals surface area contributed by atoms with Gasteiger partial charge in [0, 0.05) is 49.1 Å². The van der Waals surface area contributed by atoms with Crippen LogP contribution in [0.25, 0.3) is 26.8 Å². The van der Waals surface area contributed by atoms with Gasteiger partial charge in [-0.05, 0) is 48.0 Å². The van der Waals surface area contributed by atoms with Crippen molar-refractivity contribution in [1.82, 2.24) is 25.0 Å². The first-order chi connectivity index (χ1) is 16.9. The average molecular weight is 508 g/mol. The Morgan fingerprint density at radius 1 is 1.14 bits per heavy atom. The second kappa shape index (κ2) is 9.16. The Bertz CT molecular complexity index is 1460. The Hall–Kier alpha value is -3.69. The molecule has 0 aliphatic carbocycles. The van der Waals surface area contributed by atoms with Crippen molar-refractivity contribution in [2.75, 3.05) is 27.7 Å². The predicted octanol–water partition coefficient (Wildman–Crippen LogP) is 4.31. The summed E-state index contributed by atoms with van der Waals surface area (Å²) in [5.74, 6) is 1.06. The topological polar surface area (TPSA) is 89.3 Å². The number of ether oxygens (including phenoxy) is 1. The van der Waals surface area contributed by atoms with E-state index < -0.39 is 0 Å². The van der Waals surface area contributed by atoms with Crippen molar-refractivity contribution in [1.29, 1.82) is 0 Å². The van der Waals surface area contributed by atoms with Crippen molar-refractivity contribution >= 4 is 34.8 Å². The van der Waals surface area contributed by atoms with Crippen LogP contribution in [0.15, 0.2) is 48.8 Å². The normalized spacial score (nSPS) is 12.2. The van der Waals surface area contributed by atoms with Crippen LogP contribution < -0.4 is 10.1 Å². The molecule has 1 aliphatic rings. The lowest BCUT2D eigenvalue weighted by Crippen LogP contribution is -2.21. The monoisotopic (exact) mass is 507 g/mol. The Labute approximate surface area is 211 Å². The van der Waals surface area contributed by atoms with Gasteiger partial charge in [-0.3, -0.25) is 9.59 Å². The molecule has 1 aliphatic heterocycles. The van der Waals surface area contributed by atoms with E-state index in [1.54, 1.807) is 67.5 Å². The van der Waals surface area contributed by atoms with Crippen molar-refractivity contribution in [2.24, 2.45) is 0 Å². The third-order valence-electron chi connectivity index (χ3n) is 5.75. The van der Waals surface area contributed by atoms with Gasteiger partial charge in [-0.15, -0.1) is 11.3 Å². The number of rotatable bonds is 4. The maximum absolute atomic E-state index is 12.3. The van der Waals surface area contributed by atoms with E-state index in [0.29, 0.717) is 40.0 Å². The Morgan fingerprint density at radius 2 is 1.94 bits per heavy atom. The summed E-state index contributed by atoms with van der Waals surface area (Å²) in [5, 5.41) is 7.46. The number of hydrogen-bond acceptors (Lipinski definition) is 6. The van der Waals surface area contributed by atoms with Gasteiger partial charge in [0.05, 0.1) is 22.2 Å².